The Balaban J connectivity index is 1.55. The first kappa shape index (κ1) is 16.2. The zero-order chi connectivity index (χ0) is 17.9. The second-order valence-electron chi connectivity index (χ2n) is 6.01. The van der Waals surface area contributed by atoms with Gasteiger partial charge in [0.05, 0.1) is 24.3 Å². The lowest BCUT2D eigenvalue weighted by Gasteiger charge is -2.25. The van der Waals surface area contributed by atoms with Crippen LogP contribution in [0.2, 0.25) is 0 Å². The maximum Gasteiger partial charge on any atom is 0.148 e. The van der Waals surface area contributed by atoms with Crippen molar-refractivity contribution in [3.8, 4) is 5.75 Å². The first-order valence-corrected chi connectivity index (χ1v) is 8.28. The van der Waals surface area contributed by atoms with Gasteiger partial charge in [-0.3, -0.25) is 9.97 Å². The van der Waals surface area contributed by atoms with Crippen LogP contribution in [0.4, 0.5) is 15.8 Å². The molecule has 3 heterocycles. The summed E-state index contributed by atoms with van der Waals surface area (Å²) < 4.78 is 19.4. The summed E-state index contributed by atoms with van der Waals surface area (Å²) in [5.74, 6) is 0.279. The average molecular weight is 348 g/mol. The number of ether oxygens (including phenoxy) is 1. The molecule has 0 amide bonds. The number of fused-ring (bicyclic) bond motifs is 1. The minimum Gasteiger partial charge on any atom is -0.487 e. The van der Waals surface area contributed by atoms with Crippen molar-refractivity contribution in [3.63, 3.8) is 0 Å². The highest BCUT2D eigenvalue weighted by Crippen LogP contribution is 2.30. The van der Waals surface area contributed by atoms with Gasteiger partial charge in [0, 0.05) is 24.1 Å². The molecule has 0 aliphatic carbocycles. The van der Waals surface area contributed by atoms with Crippen LogP contribution < -0.4 is 9.64 Å². The lowest BCUT2D eigenvalue weighted by molar-refractivity contribution is 0.294. The second kappa shape index (κ2) is 6.92. The summed E-state index contributed by atoms with van der Waals surface area (Å²) in [6, 6.07) is 12.5. The summed E-state index contributed by atoms with van der Waals surface area (Å²) in [6.07, 6.45) is 5.12. The van der Waals surface area contributed by atoms with Crippen LogP contribution in [0.25, 0.3) is 0 Å². The van der Waals surface area contributed by atoms with E-state index in [2.05, 4.69) is 15.0 Å². The second-order valence-corrected chi connectivity index (χ2v) is 6.01. The third-order valence-electron chi connectivity index (χ3n) is 4.22. The zero-order valence-electron chi connectivity index (χ0n) is 14.3. The summed E-state index contributed by atoms with van der Waals surface area (Å²) in [5, 5.41) is 0. The molecule has 5 nitrogen and oxygen atoms in total. The number of pyridine rings is 2. The molecule has 0 bridgehead atoms. The molecule has 1 aliphatic rings. The number of anilines is 1. The van der Waals surface area contributed by atoms with E-state index < -0.39 is 0 Å². The Morgan fingerprint density at radius 1 is 1.12 bits per heavy atom. The van der Waals surface area contributed by atoms with Crippen molar-refractivity contribution in [2.75, 3.05) is 4.90 Å². The Bertz CT molecular complexity index is 974. The highest BCUT2D eigenvalue weighted by molar-refractivity contribution is 5.85. The quantitative estimate of drug-likeness (QED) is 0.710. The largest absolute Gasteiger partial charge is 0.487 e. The van der Waals surface area contributed by atoms with Gasteiger partial charge in [-0.05, 0) is 42.8 Å². The van der Waals surface area contributed by atoms with Crippen LogP contribution in [0.1, 0.15) is 17.0 Å². The fourth-order valence-electron chi connectivity index (χ4n) is 2.82. The number of nitrogens with zero attached hydrogens (tertiary/aromatic N) is 4. The summed E-state index contributed by atoms with van der Waals surface area (Å²) in [4.78, 5) is 14.9. The Kier molecular flexibility index (Phi) is 4.31. The Morgan fingerprint density at radius 2 is 1.96 bits per heavy atom. The lowest BCUT2D eigenvalue weighted by atomic mass is 10.1. The molecule has 2 aromatic heterocycles. The van der Waals surface area contributed by atoms with Crippen LogP contribution in [0.3, 0.4) is 0 Å². The van der Waals surface area contributed by atoms with Gasteiger partial charge in [-0.1, -0.05) is 6.07 Å². The number of aryl methyl sites for hydroxylation is 1. The lowest BCUT2D eigenvalue weighted by Crippen LogP contribution is -2.24. The highest BCUT2D eigenvalue weighted by atomic mass is 19.1. The first-order valence-electron chi connectivity index (χ1n) is 8.28. The van der Waals surface area contributed by atoms with E-state index in [1.165, 1.54) is 6.07 Å². The van der Waals surface area contributed by atoms with Gasteiger partial charge in [0.2, 0.25) is 0 Å². The summed E-state index contributed by atoms with van der Waals surface area (Å²) >= 11 is 0. The number of benzene rings is 1. The standard InChI is InChI=1S/C20H17FN4O/c1-14-6-7-15(26-12-19-16(21)4-2-8-23-19)10-20(14)25-11-18-17(24-13-25)5-3-9-22-18/h2-10,13H,11-12H2,1H3. The van der Waals surface area contributed by atoms with E-state index in [1.54, 1.807) is 24.8 Å². The van der Waals surface area contributed by atoms with Gasteiger partial charge in [0.15, 0.2) is 0 Å². The average Bonchev–Trinajstić information content (AvgIpc) is 2.68. The van der Waals surface area contributed by atoms with Crippen molar-refractivity contribution >= 4 is 17.7 Å². The molecule has 0 spiro atoms. The van der Waals surface area contributed by atoms with Gasteiger partial charge in [0.25, 0.3) is 0 Å². The normalized spacial score (nSPS) is 12.8. The maximum absolute atomic E-state index is 13.7. The minimum absolute atomic E-state index is 0.0770. The molecule has 1 aliphatic heterocycles. The fraction of sp³-hybridized carbons (Fsp3) is 0.150. The molecule has 26 heavy (non-hydrogen) atoms. The zero-order valence-corrected chi connectivity index (χ0v) is 14.3. The molecule has 0 radical (unpaired) electrons. The Labute approximate surface area is 150 Å². The predicted octanol–water partition coefficient (Wildman–Crippen LogP) is 4.18. The van der Waals surface area contributed by atoms with Gasteiger partial charge >= 0.3 is 0 Å². The molecular formula is C20H17FN4O. The summed E-state index contributed by atoms with van der Waals surface area (Å²) in [7, 11) is 0. The summed E-state index contributed by atoms with van der Waals surface area (Å²) in [5.41, 5.74) is 4.17. The maximum atomic E-state index is 13.7. The van der Waals surface area contributed by atoms with E-state index in [1.807, 2.05) is 42.2 Å². The third-order valence-corrected chi connectivity index (χ3v) is 4.22. The van der Waals surface area contributed by atoms with Crippen molar-refractivity contribution in [2.24, 2.45) is 4.99 Å². The molecule has 6 heteroatoms. The van der Waals surface area contributed by atoms with Crippen LogP contribution in [-0.2, 0) is 13.2 Å². The highest BCUT2D eigenvalue weighted by Gasteiger charge is 2.16. The van der Waals surface area contributed by atoms with Crippen molar-refractivity contribution < 1.29 is 9.13 Å². The Hall–Kier alpha value is -3.28. The van der Waals surface area contributed by atoms with Gasteiger partial charge in [0.1, 0.15) is 23.9 Å². The van der Waals surface area contributed by atoms with Crippen molar-refractivity contribution in [1.82, 2.24) is 9.97 Å². The molecule has 0 saturated heterocycles. The molecule has 0 saturated carbocycles. The van der Waals surface area contributed by atoms with Gasteiger partial charge in [-0.25, -0.2) is 9.38 Å². The molecule has 0 unspecified atom stereocenters. The van der Waals surface area contributed by atoms with Crippen LogP contribution in [0.5, 0.6) is 5.75 Å². The van der Waals surface area contributed by atoms with E-state index in [0.29, 0.717) is 12.3 Å². The fourth-order valence-corrected chi connectivity index (χ4v) is 2.82. The third kappa shape index (κ3) is 3.26. The number of aliphatic imine (C=N–C) groups is 1. The van der Waals surface area contributed by atoms with Crippen molar-refractivity contribution in [1.29, 1.82) is 0 Å². The number of hydrogen-bond donors (Lipinski definition) is 0. The van der Waals surface area contributed by atoms with Crippen LogP contribution in [0.15, 0.2) is 59.9 Å². The number of hydrogen-bond acceptors (Lipinski definition) is 5. The molecular weight excluding hydrogens is 331 g/mol. The first-order chi connectivity index (χ1) is 12.7. The van der Waals surface area contributed by atoms with Gasteiger partial charge in [-0.2, -0.15) is 0 Å². The van der Waals surface area contributed by atoms with E-state index in [-0.39, 0.29) is 18.1 Å². The smallest absolute Gasteiger partial charge is 0.148 e. The molecule has 3 aromatic rings. The van der Waals surface area contributed by atoms with E-state index >= 15 is 0 Å². The topological polar surface area (TPSA) is 50.6 Å². The Morgan fingerprint density at radius 3 is 2.85 bits per heavy atom. The number of aromatic nitrogens is 2. The minimum atomic E-state index is -0.370. The molecule has 130 valence electrons. The van der Waals surface area contributed by atoms with E-state index in [4.69, 9.17) is 4.74 Å². The van der Waals surface area contributed by atoms with Crippen molar-refractivity contribution in [3.05, 3.63) is 77.6 Å². The van der Waals surface area contributed by atoms with E-state index in [9.17, 15) is 4.39 Å². The van der Waals surface area contributed by atoms with Crippen molar-refractivity contribution in [2.45, 2.75) is 20.1 Å². The van der Waals surface area contributed by atoms with Crippen LogP contribution in [-0.4, -0.2) is 16.3 Å². The van der Waals surface area contributed by atoms with E-state index in [0.717, 1.165) is 22.6 Å². The van der Waals surface area contributed by atoms with Crippen LogP contribution >= 0.6 is 0 Å². The monoisotopic (exact) mass is 348 g/mol. The summed E-state index contributed by atoms with van der Waals surface area (Å²) in [6.45, 7) is 2.74. The SMILES string of the molecule is Cc1ccc(OCc2ncccc2F)cc1N1C=Nc2cccnc2C1. The molecule has 4 rings (SSSR count). The van der Waals surface area contributed by atoms with Gasteiger partial charge < -0.3 is 9.64 Å². The molecule has 0 N–H and O–H groups in total. The molecule has 1 aromatic carbocycles. The molecule has 0 fully saturated rings. The number of rotatable bonds is 4. The van der Waals surface area contributed by atoms with Gasteiger partial charge in [-0.15, -0.1) is 0 Å². The van der Waals surface area contributed by atoms with Crippen LogP contribution in [0, 0.1) is 12.7 Å². The number of halogens is 1. The predicted molar refractivity (Wildman–Crippen MR) is 98.3 cm³/mol. The molecule has 0 atom stereocenters.